The van der Waals surface area contributed by atoms with Crippen molar-refractivity contribution in [2.75, 3.05) is 35.7 Å². The van der Waals surface area contributed by atoms with Gasteiger partial charge in [-0.25, -0.2) is 0 Å². The van der Waals surface area contributed by atoms with E-state index in [-0.39, 0.29) is 0 Å². The van der Waals surface area contributed by atoms with E-state index in [1.807, 2.05) is 38.1 Å². The predicted molar refractivity (Wildman–Crippen MR) is 110 cm³/mol. The first kappa shape index (κ1) is 20.3. The fraction of sp³-hybridized carbons (Fsp3) is 0.333. The van der Waals surface area contributed by atoms with Crippen molar-refractivity contribution in [3.05, 3.63) is 47.5 Å². The van der Waals surface area contributed by atoms with E-state index in [1.54, 1.807) is 12.1 Å². The first-order chi connectivity index (χ1) is 12.9. The van der Waals surface area contributed by atoms with Gasteiger partial charge in [0.1, 0.15) is 5.75 Å². The van der Waals surface area contributed by atoms with Crippen LogP contribution in [0.5, 0.6) is 5.75 Å². The van der Waals surface area contributed by atoms with Crippen LogP contribution in [0, 0.1) is 13.8 Å². The maximum atomic E-state index is 12.3. The van der Waals surface area contributed by atoms with Crippen molar-refractivity contribution in [1.29, 1.82) is 0 Å². The summed E-state index contributed by atoms with van der Waals surface area (Å²) in [5.41, 5.74) is 4.01. The molecule has 0 spiro atoms. The second kappa shape index (κ2) is 9.07. The van der Waals surface area contributed by atoms with Crippen LogP contribution >= 0.6 is 0 Å². The number of benzene rings is 2. The molecule has 0 radical (unpaired) electrons. The van der Waals surface area contributed by atoms with Gasteiger partial charge in [0.05, 0.1) is 12.8 Å². The van der Waals surface area contributed by atoms with Gasteiger partial charge in [-0.3, -0.25) is 9.59 Å². The van der Waals surface area contributed by atoms with E-state index in [0.717, 1.165) is 29.9 Å². The second-order valence-electron chi connectivity index (χ2n) is 6.28. The van der Waals surface area contributed by atoms with Gasteiger partial charge >= 0.3 is 11.8 Å². The van der Waals surface area contributed by atoms with Crippen LogP contribution in [0.2, 0.25) is 0 Å². The van der Waals surface area contributed by atoms with Gasteiger partial charge in [0.2, 0.25) is 0 Å². The molecule has 2 amide bonds. The van der Waals surface area contributed by atoms with Gasteiger partial charge in [0, 0.05) is 24.5 Å². The van der Waals surface area contributed by atoms with Crippen molar-refractivity contribution in [3.8, 4) is 5.75 Å². The van der Waals surface area contributed by atoms with Crippen molar-refractivity contribution >= 4 is 28.9 Å². The van der Waals surface area contributed by atoms with Crippen LogP contribution in [-0.2, 0) is 9.59 Å². The molecule has 2 aromatic rings. The number of amides is 2. The lowest BCUT2D eigenvalue weighted by molar-refractivity contribution is -0.133. The van der Waals surface area contributed by atoms with E-state index in [0.29, 0.717) is 17.1 Å². The first-order valence-corrected chi connectivity index (χ1v) is 9.02. The summed E-state index contributed by atoms with van der Waals surface area (Å²) in [5, 5.41) is 5.28. The van der Waals surface area contributed by atoms with Gasteiger partial charge in [-0.05, 0) is 69.2 Å². The summed E-state index contributed by atoms with van der Waals surface area (Å²) in [6.07, 6.45) is 0. The molecule has 0 aromatic heterocycles. The van der Waals surface area contributed by atoms with Crippen molar-refractivity contribution < 1.29 is 14.3 Å². The van der Waals surface area contributed by atoms with E-state index in [2.05, 4.69) is 29.4 Å². The van der Waals surface area contributed by atoms with Crippen LogP contribution in [0.25, 0.3) is 0 Å². The lowest BCUT2D eigenvalue weighted by Gasteiger charge is -2.22. The summed E-state index contributed by atoms with van der Waals surface area (Å²) in [5.74, 6) is -0.968. The Balaban J connectivity index is 2.11. The van der Waals surface area contributed by atoms with Gasteiger partial charge in [-0.1, -0.05) is 6.07 Å². The first-order valence-electron chi connectivity index (χ1n) is 9.02. The Morgan fingerprint density at radius 3 is 2.11 bits per heavy atom. The highest BCUT2D eigenvalue weighted by atomic mass is 16.5. The molecule has 0 aliphatic heterocycles. The van der Waals surface area contributed by atoms with Crippen molar-refractivity contribution in [1.82, 2.24) is 0 Å². The van der Waals surface area contributed by atoms with E-state index in [1.165, 1.54) is 7.11 Å². The average Bonchev–Trinajstić information content (AvgIpc) is 2.65. The molecule has 6 heteroatoms. The zero-order chi connectivity index (χ0) is 20.0. The smallest absolute Gasteiger partial charge is 0.314 e. The van der Waals surface area contributed by atoms with Crippen molar-refractivity contribution in [2.24, 2.45) is 0 Å². The van der Waals surface area contributed by atoms with Gasteiger partial charge in [-0.2, -0.15) is 0 Å². The lowest BCUT2D eigenvalue weighted by atomic mass is 10.1. The topological polar surface area (TPSA) is 70.7 Å². The quantitative estimate of drug-likeness (QED) is 0.761. The van der Waals surface area contributed by atoms with Crippen molar-refractivity contribution in [2.45, 2.75) is 27.7 Å². The van der Waals surface area contributed by atoms with Crippen LogP contribution in [0.15, 0.2) is 36.4 Å². The number of rotatable bonds is 6. The molecule has 0 unspecified atom stereocenters. The standard InChI is InChI=1S/C21H27N3O3/c1-6-24(7-2)16-9-10-17(15(4)13-16)22-20(25)21(26)23-18-12-14(3)8-11-19(18)27-5/h8-13H,6-7H2,1-5H3,(H,22,25)(H,23,26). The molecule has 6 nitrogen and oxygen atoms in total. The Kier molecular flexibility index (Phi) is 6.82. The summed E-state index contributed by atoms with van der Waals surface area (Å²) in [6, 6.07) is 11.1. The molecule has 0 atom stereocenters. The number of hydrogen-bond donors (Lipinski definition) is 2. The number of carbonyl (C=O) groups is 2. The maximum Gasteiger partial charge on any atom is 0.314 e. The molecule has 0 aliphatic carbocycles. The largest absolute Gasteiger partial charge is 0.495 e. The normalized spacial score (nSPS) is 10.3. The van der Waals surface area contributed by atoms with E-state index < -0.39 is 11.8 Å². The molecule has 0 heterocycles. The van der Waals surface area contributed by atoms with Gasteiger partial charge in [-0.15, -0.1) is 0 Å². The zero-order valence-corrected chi connectivity index (χ0v) is 16.6. The highest BCUT2D eigenvalue weighted by Gasteiger charge is 2.17. The van der Waals surface area contributed by atoms with Gasteiger partial charge in [0.15, 0.2) is 0 Å². The second-order valence-corrected chi connectivity index (χ2v) is 6.28. The molecule has 2 aromatic carbocycles. The molecule has 0 fully saturated rings. The molecule has 0 aliphatic rings. The van der Waals surface area contributed by atoms with Gasteiger partial charge < -0.3 is 20.3 Å². The third-order valence-electron chi connectivity index (χ3n) is 4.40. The monoisotopic (exact) mass is 369 g/mol. The Bertz CT molecular complexity index is 829. The maximum absolute atomic E-state index is 12.3. The number of nitrogens with one attached hydrogen (secondary N) is 2. The SMILES string of the molecule is CCN(CC)c1ccc(NC(=O)C(=O)Nc2cc(C)ccc2OC)c(C)c1. The Labute approximate surface area is 160 Å². The zero-order valence-electron chi connectivity index (χ0n) is 16.6. The number of nitrogens with zero attached hydrogens (tertiary/aromatic N) is 1. The molecule has 0 bridgehead atoms. The molecule has 27 heavy (non-hydrogen) atoms. The number of aryl methyl sites for hydroxylation is 2. The summed E-state index contributed by atoms with van der Waals surface area (Å²) in [7, 11) is 1.52. The highest BCUT2D eigenvalue weighted by Crippen LogP contribution is 2.26. The van der Waals surface area contributed by atoms with Gasteiger partial charge in [0.25, 0.3) is 0 Å². The number of ether oxygens (including phenoxy) is 1. The van der Waals surface area contributed by atoms with Crippen LogP contribution in [0.4, 0.5) is 17.1 Å². The molecule has 0 saturated carbocycles. The molecular formula is C21H27N3O3. The third kappa shape index (κ3) is 5.00. The molecule has 144 valence electrons. The van der Waals surface area contributed by atoms with E-state index in [4.69, 9.17) is 4.74 Å². The highest BCUT2D eigenvalue weighted by molar-refractivity contribution is 6.43. The Morgan fingerprint density at radius 2 is 1.56 bits per heavy atom. The van der Waals surface area contributed by atoms with Crippen LogP contribution < -0.4 is 20.3 Å². The Morgan fingerprint density at radius 1 is 0.926 bits per heavy atom. The summed E-state index contributed by atoms with van der Waals surface area (Å²) < 4.78 is 5.22. The van der Waals surface area contributed by atoms with E-state index in [9.17, 15) is 9.59 Å². The minimum atomic E-state index is -0.744. The molecular weight excluding hydrogens is 342 g/mol. The Hall–Kier alpha value is -3.02. The molecule has 0 saturated heterocycles. The van der Waals surface area contributed by atoms with E-state index >= 15 is 0 Å². The summed E-state index contributed by atoms with van der Waals surface area (Å²) in [6.45, 7) is 9.81. The van der Waals surface area contributed by atoms with Crippen LogP contribution in [0.1, 0.15) is 25.0 Å². The molecule has 2 N–H and O–H groups in total. The minimum absolute atomic E-state index is 0.464. The van der Waals surface area contributed by atoms with Crippen LogP contribution in [-0.4, -0.2) is 32.0 Å². The number of hydrogen-bond acceptors (Lipinski definition) is 4. The number of methoxy groups -OCH3 is 1. The fourth-order valence-corrected chi connectivity index (χ4v) is 2.85. The van der Waals surface area contributed by atoms with Crippen LogP contribution in [0.3, 0.4) is 0 Å². The fourth-order valence-electron chi connectivity index (χ4n) is 2.85. The lowest BCUT2D eigenvalue weighted by Crippen LogP contribution is -2.29. The molecule has 2 rings (SSSR count). The third-order valence-corrected chi connectivity index (χ3v) is 4.40. The summed E-state index contributed by atoms with van der Waals surface area (Å²) >= 11 is 0. The predicted octanol–water partition coefficient (Wildman–Crippen LogP) is 3.74. The number of anilines is 3. The minimum Gasteiger partial charge on any atom is -0.495 e. The average molecular weight is 369 g/mol. The summed E-state index contributed by atoms with van der Waals surface area (Å²) in [4.78, 5) is 26.8. The number of carbonyl (C=O) groups excluding carboxylic acids is 2. The van der Waals surface area contributed by atoms with Crippen molar-refractivity contribution in [3.63, 3.8) is 0 Å².